The van der Waals surface area contributed by atoms with Crippen molar-refractivity contribution in [3.63, 3.8) is 0 Å². The van der Waals surface area contributed by atoms with Crippen LogP contribution in [0.15, 0.2) is 17.1 Å². The summed E-state index contributed by atoms with van der Waals surface area (Å²) in [4.78, 5) is 4.09. The Balaban J connectivity index is 3.97. The first-order valence-electron chi connectivity index (χ1n) is 3.40. The van der Waals surface area contributed by atoms with E-state index in [1.807, 2.05) is 7.05 Å². The summed E-state index contributed by atoms with van der Waals surface area (Å²) in [5, 5.41) is 0. The van der Waals surface area contributed by atoms with E-state index in [1.165, 1.54) is 5.57 Å². The Morgan fingerprint density at radius 2 is 1.89 bits per heavy atom. The second-order valence-electron chi connectivity index (χ2n) is 1.98. The third-order valence-corrected chi connectivity index (χ3v) is 1.44. The van der Waals surface area contributed by atoms with Crippen molar-refractivity contribution in [3.8, 4) is 0 Å². The van der Waals surface area contributed by atoms with Crippen LogP contribution in [-0.2, 0) is 0 Å². The first kappa shape index (κ1) is 8.41. The molecule has 0 saturated carbocycles. The second-order valence-corrected chi connectivity index (χ2v) is 1.98. The predicted octanol–water partition coefficient (Wildman–Crippen LogP) is 2.43. The van der Waals surface area contributed by atoms with Gasteiger partial charge in [-0.1, -0.05) is 20.4 Å². The van der Waals surface area contributed by atoms with Crippen LogP contribution in [0.1, 0.15) is 26.7 Å². The predicted molar refractivity (Wildman–Crippen MR) is 43.1 cm³/mol. The average molecular weight is 125 g/mol. The number of hydrogen-bond acceptors (Lipinski definition) is 1. The molecule has 0 aliphatic carbocycles. The van der Waals surface area contributed by atoms with E-state index in [4.69, 9.17) is 0 Å². The van der Waals surface area contributed by atoms with Gasteiger partial charge in [-0.2, -0.15) is 0 Å². The molecule has 0 aliphatic rings. The van der Waals surface area contributed by atoms with Crippen LogP contribution in [0, 0.1) is 0 Å². The summed E-state index contributed by atoms with van der Waals surface area (Å²) in [6, 6.07) is 0. The minimum absolute atomic E-state index is 1.00. The molecule has 52 valence electrons. The summed E-state index contributed by atoms with van der Waals surface area (Å²) in [5.41, 5.74) is 2.32. The molecule has 0 spiro atoms. The fourth-order valence-electron chi connectivity index (χ4n) is 0.770. The minimum atomic E-state index is 1.00. The van der Waals surface area contributed by atoms with E-state index >= 15 is 0 Å². The third-order valence-electron chi connectivity index (χ3n) is 1.44. The number of rotatable bonds is 3. The molecule has 9 heavy (non-hydrogen) atoms. The SMILES string of the molecule is C=C(CC)C(CC)=NC. The minimum Gasteiger partial charge on any atom is -0.293 e. The van der Waals surface area contributed by atoms with Crippen LogP contribution in [0.25, 0.3) is 0 Å². The monoisotopic (exact) mass is 125 g/mol. The van der Waals surface area contributed by atoms with E-state index in [2.05, 4.69) is 25.4 Å². The van der Waals surface area contributed by atoms with Crippen molar-refractivity contribution in [1.29, 1.82) is 0 Å². The highest BCUT2D eigenvalue weighted by Gasteiger charge is 1.95. The van der Waals surface area contributed by atoms with E-state index in [1.54, 1.807) is 0 Å². The van der Waals surface area contributed by atoms with Crippen LogP contribution in [-0.4, -0.2) is 12.8 Å². The van der Waals surface area contributed by atoms with Crippen LogP contribution in [0.3, 0.4) is 0 Å². The molecular weight excluding hydrogens is 110 g/mol. The molecule has 0 N–H and O–H groups in total. The molecule has 0 saturated heterocycles. The van der Waals surface area contributed by atoms with Crippen molar-refractivity contribution in [2.75, 3.05) is 7.05 Å². The van der Waals surface area contributed by atoms with Gasteiger partial charge < -0.3 is 0 Å². The van der Waals surface area contributed by atoms with Crippen LogP contribution >= 0.6 is 0 Å². The summed E-state index contributed by atoms with van der Waals surface area (Å²) < 4.78 is 0. The molecule has 0 aliphatic heterocycles. The van der Waals surface area contributed by atoms with Crippen molar-refractivity contribution in [2.24, 2.45) is 4.99 Å². The first-order valence-corrected chi connectivity index (χ1v) is 3.40. The Bertz CT molecular complexity index is 123. The number of aliphatic imine (C=N–C) groups is 1. The van der Waals surface area contributed by atoms with Gasteiger partial charge in [-0.15, -0.1) is 0 Å². The Kier molecular flexibility index (Phi) is 4.02. The molecular formula is C8H15N. The first-order chi connectivity index (χ1) is 4.26. The van der Waals surface area contributed by atoms with Crippen molar-refractivity contribution in [1.82, 2.24) is 0 Å². The molecule has 1 heteroatoms. The van der Waals surface area contributed by atoms with Gasteiger partial charge in [0.15, 0.2) is 0 Å². The molecule has 0 rings (SSSR count). The molecule has 0 aromatic carbocycles. The van der Waals surface area contributed by atoms with Crippen molar-refractivity contribution < 1.29 is 0 Å². The molecule has 0 fully saturated rings. The lowest BCUT2D eigenvalue weighted by Gasteiger charge is -2.01. The quantitative estimate of drug-likeness (QED) is 0.514. The largest absolute Gasteiger partial charge is 0.293 e. The van der Waals surface area contributed by atoms with Gasteiger partial charge in [-0.05, 0) is 18.4 Å². The third kappa shape index (κ3) is 2.45. The lowest BCUT2D eigenvalue weighted by atomic mass is 10.1. The van der Waals surface area contributed by atoms with Crippen LogP contribution in [0.4, 0.5) is 0 Å². The van der Waals surface area contributed by atoms with E-state index in [9.17, 15) is 0 Å². The summed E-state index contributed by atoms with van der Waals surface area (Å²) >= 11 is 0. The molecule has 0 atom stereocenters. The molecule has 0 amide bonds. The summed E-state index contributed by atoms with van der Waals surface area (Å²) in [6.07, 6.45) is 2.02. The van der Waals surface area contributed by atoms with Crippen molar-refractivity contribution in [3.05, 3.63) is 12.2 Å². The maximum absolute atomic E-state index is 4.09. The zero-order valence-electron chi connectivity index (χ0n) is 6.57. The summed E-state index contributed by atoms with van der Waals surface area (Å²) in [5.74, 6) is 0. The molecule has 0 aromatic heterocycles. The smallest absolute Gasteiger partial charge is 0.0368 e. The second kappa shape index (κ2) is 4.30. The van der Waals surface area contributed by atoms with E-state index in [0.717, 1.165) is 18.6 Å². The number of nitrogens with zero attached hydrogens (tertiary/aromatic N) is 1. The van der Waals surface area contributed by atoms with Gasteiger partial charge in [-0.3, -0.25) is 4.99 Å². The lowest BCUT2D eigenvalue weighted by Crippen LogP contribution is -1.97. The standard InChI is InChI=1S/C8H15N/c1-5-7(3)8(6-2)9-4/h3,5-6H2,1-2,4H3. The Labute approximate surface area is 57.5 Å². The van der Waals surface area contributed by atoms with Gasteiger partial charge in [0.05, 0.1) is 0 Å². The average Bonchev–Trinajstić information content (AvgIpc) is 1.90. The highest BCUT2D eigenvalue weighted by molar-refractivity contribution is 5.99. The van der Waals surface area contributed by atoms with Gasteiger partial charge in [0.2, 0.25) is 0 Å². The summed E-state index contributed by atoms with van der Waals surface area (Å²) in [6.45, 7) is 8.09. The maximum Gasteiger partial charge on any atom is 0.0368 e. The van der Waals surface area contributed by atoms with Crippen LogP contribution < -0.4 is 0 Å². The fourth-order valence-corrected chi connectivity index (χ4v) is 0.770. The molecule has 0 aromatic rings. The fraction of sp³-hybridized carbons (Fsp3) is 0.625. The van der Waals surface area contributed by atoms with E-state index in [0.29, 0.717) is 0 Å². The Morgan fingerprint density at radius 1 is 1.33 bits per heavy atom. The van der Waals surface area contributed by atoms with Gasteiger partial charge in [-0.25, -0.2) is 0 Å². The van der Waals surface area contributed by atoms with Crippen molar-refractivity contribution >= 4 is 5.71 Å². The normalized spacial score (nSPS) is 11.7. The molecule has 0 radical (unpaired) electrons. The number of allylic oxidation sites excluding steroid dienone is 1. The highest BCUT2D eigenvalue weighted by atomic mass is 14.7. The van der Waals surface area contributed by atoms with Crippen LogP contribution in [0.5, 0.6) is 0 Å². The van der Waals surface area contributed by atoms with Gasteiger partial charge in [0, 0.05) is 12.8 Å². The molecule has 0 heterocycles. The topological polar surface area (TPSA) is 12.4 Å². The lowest BCUT2D eigenvalue weighted by molar-refractivity contribution is 1.13. The van der Waals surface area contributed by atoms with E-state index < -0.39 is 0 Å². The van der Waals surface area contributed by atoms with Gasteiger partial charge >= 0.3 is 0 Å². The van der Waals surface area contributed by atoms with Gasteiger partial charge in [0.25, 0.3) is 0 Å². The number of hydrogen-bond donors (Lipinski definition) is 0. The Hall–Kier alpha value is -0.590. The molecule has 1 nitrogen and oxygen atoms in total. The van der Waals surface area contributed by atoms with Crippen LogP contribution in [0.2, 0.25) is 0 Å². The Morgan fingerprint density at radius 3 is 2.00 bits per heavy atom. The molecule has 0 bridgehead atoms. The molecule has 0 unspecified atom stereocenters. The van der Waals surface area contributed by atoms with E-state index in [-0.39, 0.29) is 0 Å². The van der Waals surface area contributed by atoms with Crippen molar-refractivity contribution in [2.45, 2.75) is 26.7 Å². The summed E-state index contributed by atoms with van der Waals surface area (Å²) in [7, 11) is 1.82. The zero-order valence-corrected chi connectivity index (χ0v) is 6.57. The van der Waals surface area contributed by atoms with Gasteiger partial charge in [0.1, 0.15) is 0 Å². The highest BCUT2D eigenvalue weighted by Crippen LogP contribution is 2.02. The maximum atomic E-state index is 4.09. The zero-order chi connectivity index (χ0) is 7.28.